The number of rotatable bonds is 3. The Morgan fingerprint density at radius 3 is 2.55 bits per heavy atom. The molecule has 0 amide bonds. The quantitative estimate of drug-likeness (QED) is 0.372. The van der Waals surface area contributed by atoms with Crippen molar-refractivity contribution in [1.82, 2.24) is 4.90 Å². The van der Waals surface area contributed by atoms with Gasteiger partial charge in [0.05, 0.1) is 12.5 Å². The van der Waals surface area contributed by atoms with Gasteiger partial charge < -0.3 is 24.4 Å². The summed E-state index contributed by atoms with van der Waals surface area (Å²) >= 11 is 0. The molecule has 0 saturated carbocycles. The third-order valence-electron chi connectivity index (χ3n) is 7.11. The molecule has 6 atom stereocenters. The monoisotopic (exact) mass is 439 g/mol. The van der Waals surface area contributed by atoms with Crippen LogP contribution in [0.2, 0.25) is 0 Å². The summed E-state index contributed by atoms with van der Waals surface area (Å²) < 4.78 is 16.4. The first-order valence-electron chi connectivity index (χ1n) is 11.0. The Labute approximate surface area is 182 Å². The Hall–Kier alpha value is -1.97. The average Bonchev–Trinajstić information content (AvgIpc) is 3.32. The molecule has 2 saturated heterocycles. The minimum absolute atomic E-state index is 0.0326. The summed E-state index contributed by atoms with van der Waals surface area (Å²) in [4.78, 5) is 40.5. The van der Waals surface area contributed by atoms with Crippen molar-refractivity contribution in [3.05, 3.63) is 11.6 Å². The first kappa shape index (κ1) is 23.7. The molecule has 0 aromatic rings. The highest BCUT2D eigenvalue weighted by Gasteiger charge is 2.51. The van der Waals surface area contributed by atoms with Crippen LogP contribution in [-0.4, -0.2) is 82.2 Å². The van der Waals surface area contributed by atoms with Crippen LogP contribution >= 0.6 is 0 Å². The highest BCUT2D eigenvalue weighted by Crippen LogP contribution is 2.35. The van der Waals surface area contributed by atoms with E-state index in [1.165, 1.54) is 6.92 Å². The Bertz CT molecular complexity index is 767. The van der Waals surface area contributed by atoms with Crippen molar-refractivity contribution in [3.8, 4) is 0 Å². The number of esters is 3. The third kappa shape index (κ3) is 4.23. The molecule has 0 aliphatic carbocycles. The van der Waals surface area contributed by atoms with Gasteiger partial charge >= 0.3 is 17.9 Å². The Morgan fingerprint density at radius 1 is 1.19 bits per heavy atom. The van der Waals surface area contributed by atoms with Gasteiger partial charge in [0.1, 0.15) is 18.8 Å². The van der Waals surface area contributed by atoms with E-state index in [4.69, 9.17) is 14.2 Å². The molecule has 3 aliphatic rings. The smallest absolute Gasteiger partial charge is 0.342 e. The third-order valence-corrected chi connectivity index (χ3v) is 7.11. The second-order valence-corrected chi connectivity index (χ2v) is 8.85. The lowest BCUT2D eigenvalue weighted by atomic mass is 9.83. The van der Waals surface area contributed by atoms with E-state index in [1.807, 2.05) is 6.08 Å². The summed E-state index contributed by atoms with van der Waals surface area (Å²) in [5, 5.41) is 22.1. The lowest BCUT2D eigenvalue weighted by Crippen LogP contribution is -2.53. The zero-order chi connectivity index (χ0) is 23.0. The fraction of sp³-hybridized carbons (Fsp3) is 0.773. The largest absolute Gasteiger partial charge is 0.459 e. The van der Waals surface area contributed by atoms with Gasteiger partial charge in [0.25, 0.3) is 0 Å². The maximum atomic E-state index is 13.1. The zero-order valence-electron chi connectivity index (χ0n) is 18.6. The molecule has 0 bridgehead atoms. The van der Waals surface area contributed by atoms with Crippen LogP contribution in [0.3, 0.4) is 0 Å². The highest BCUT2D eigenvalue weighted by molar-refractivity contribution is 5.87. The molecule has 31 heavy (non-hydrogen) atoms. The molecule has 9 nitrogen and oxygen atoms in total. The van der Waals surface area contributed by atoms with Crippen molar-refractivity contribution in [2.24, 2.45) is 5.92 Å². The van der Waals surface area contributed by atoms with E-state index >= 15 is 0 Å². The Balaban J connectivity index is 1.97. The average molecular weight is 440 g/mol. The van der Waals surface area contributed by atoms with Crippen LogP contribution in [0.15, 0.2) is 11.6 Å². The summed E-state index contributed by atoms with van der Waals surface area (Å²) in [6.07, 6.45) is 0.506. The topological polar surface area (TPSA) is 123 Å². The molecule has 2 fully saturated rings. The molecule has 2 N–H and O–H groups in total. The number of aliphatic hydroxyl groups is 2. The van der Waals surface area contributed by atoms with Gasteiger partial charge in [0, 0.05) is 13.1 Å². The molecule has 0 aromatic carbocycles. The maximum absolute atomic E-state index is 13.1. The van der Waals surface area contributed by atoms with Crippen LogP contribution in [0.1, 0.15) is 53.4 Å². The van der Waals surface area contributed by atoms with E-state index in [9.17, 15) is 24.6 Å². The van der Waals surface area contributed by atoms with Gasteiger partial charge in [-0.3, -0.25) is 9.69 Å². The minimum Gasteiger partial charge on any atom is -0.459 e. The lowest BCUT2D eigenvalue weighted by Gasteiger charge is -2.35. The SMILES string of the molecule is CCC(C)C1(O)CC(=O)OC(C)C(O)(CC)C(=O)OCC2=CCN3CCC(OC1=O)C23. The minimum atomic E-state index is -2.07. The summed E-state index contributed by atoms with van der Waals surface area (Å²) in [6.45, 7) is 7.71. The van der Waals surface area contributed by atoms with Gasteiger partial charge in [-0.05, 0) is 31.3 Å². The van der Waals surface area contributed by atoms with Crippen molar-refractivity contribution in [3.63, 3.8) is 0 Å². The van der Waals surface area contributed by atoms with Crippen LogP contribution in [0.25, 0.3) is 0 Å². The zero-order valence-corrected chi connectivity index (χ0v) is 18.6. The van der Waals surface area contributed by atoms with Crippen LogP contribution < -0.4 is 0 Å². The molecule has 9 heteroatoms. The molecule has 0 radical (unpaired) electrons. The molecule has 6 unspecified atom stereocenters. The van der Waals surface area contributed by atoms with E-state index < -0.39 is 53.7 Å². The van der Waals surface area contributed by atoms with Gasteiger partial charge in [-0.1, -0.05) is 33.3 Å². The van der Waals surface area contributed by atoms with E-state index in [2.05, 4.69) is 4.90 Å². The van der Waals surface area contributed by atoms with E-state index in [1.54, 1.807) is 20.8 Å². The van der Waals surface area contributed by atoms with Crippen LogP contribution in [-0.2, 0) is 28.6 Å². The van der Waals surface area contributed by atoms with Crippen molar-refractivity contribution < 1.29 is 38.8 Å². The van der Waals surface area contributed by atoms with Gasteiger partial charge in [0.2, 0.25) is 0 Å². The summed E-state index contributed by atoms with van der Waals surface area (Å²) in [6, 6.07) is -0.264. The van der Waals surface area contributed by atoms with Crippen molar-refractivity contribution in [2.45, 2.75) is 82.8 Å². The Kier molecular flexibility index (Phi) is 6.78. The first-order chi connectivity index (χ1) is 14.6. The predicted molar refractivity (Wildman–Crippen MR) is 109 cm³/mol. The molecular formula is C22H33NO8. The van der Waals surface area contributed by atoms with Gasteiger partial charge in [-0.25, -0.2) is 9.59 Å². The lowest BCUT2D eigenvalue weighted by molar-refractivity contribution is -0.195. The van der Waals surface area contributed by atoms with Crippen LogP contribution in [0, 0.1) is 5.92 Å². The molecule has 174 valence electrons. The number of carbonyl (C=O) groups is 3. The number of carbonyl (C=O) groups excluding carboxylic acids is 3. The number of nitrogens with zero attached hydrogens (tertiary/aromatic N) is 1. The summed E-state index contributed by atoms with van der Waals surface area (Å²) in [5.74, 6) is -3.21. The second-order valence-electron chi connectivity index (χ2n) is 8.85. The van der Waals surface area contributed by atoms with Gasteiger partial charge in [-0.2, -0.15) is 0 Å². The highest BCUT2D eigenvalue weighted by atomic mass is 16.6. The van der Waals surface area contributed by atoms with Gasteiger partial charge in [0.15, 0.2) is 11.2 Å². The summed E-state index contributed by atoms with van der Waals surface area (Å²) in [7, 11) is 0. The first-order valence-corrected chi connectivity index (χ1v) is 11.0. The van der Waals surface area contributed by atoms with Crippen molar-refractivity contribution >= 4 is 17.9 Å². The number of ether oxygens (including phenoxy) is 3. The summed E-state index contributed by atoms with van der Waals surface area (Å²) in [5.41, 5.74) is -3.32. The second kappa shape index (κ2) is 8.88. The molecule has 0 aromatic heterocycles. The van der Waals surface area contributed by atoms with Crippen LogP contribution in [0.5, 0.6) is 0 Å². The number of hydrogen-bond acceptors (Lipinski definition) is 9. The molecule has 3 rings (SSSR count). The molecule has 3 heterocycles. The fourth-order valence-corrected chi connectivity index (χ4v) is 4.58. The van der Waals surface area contributed by atoms with Crippen molar-refractivity contribution in [1.29, 1.82) is 0 Å². The number of hydrogen-bond donors (Lipinski definition) is 2. The Morgan fingerprint density at radius 2 is 1.90 bits per heavy atom. The molecular weight excluding hydrogens is 406 g/mol. The van der Waals surface area contributed by atoms with E-state index in [-0.39, 0.29) is 19.1 Å². The normalized spacial score (nSPS) is 38.5. The van der Waals surface area contributed by atoms with E-state index in [0.29, 0.717) is 25.9 Å². The number of cyclic esters (lactones) is 2. The fourth-order valence-electron chi connectivity index (χ4n) is 4.58. The molecule has 3 aliphatic heterocycles. The van der Waals surface area contributed by atoms with Crippen molar-refractivity contribution in [2.75, 3.05) is 19.7 Å². The maximum Gasteiger partial charge on any atom is 0.342 e. The van der Waals surface area contributed by atoms with Gasteiger partial charge in [-0.15, -0.1) is 0 Å². The van der Waals surface area contributed by atoms with Crippen LogP contribution in [0.4, 0.5) is 0 Å². The molecule has 0 spiro atoms. The predicted octanol–water partition coefficient (Wildman–Crippen LogP) is 0.709. The standard InChI is InChI=1S/C22H33NO8/c1-5-13(3)22(28)11-17(24)30-14(4)21(27,6-2)19(25)29-12-15-7-9-23-10-8-16(18(15)23)31-20(22)26/h7,13-14,16,18,27-28H,5-6,8-12H2,1-4H3. The van der Waals surface area contributed by atoms with E-state index in [0.717, 1.165) is 5.57 Å².